The van der Waals surface area contributed by atoms with Crippen LogP contribution in [-0.2, 0) is 30.5 Å². The maximum atomic E-state index is 12.5. The van der Waals surface area contributed by atoms with Gasteiger partial charge in [0.05, 0.1) is 36.7 Å². The van der Waals surface area contributed by atoms with E-state index < -0.39 is 5.97 Å². The number of hydrogen-bond donors (Lipinski definition) is 0. The molecule has 0 radical (unpaired) electrons. The highest BCUT2D eigenvalue weighted by Crippen LogP contribution is 2.36. The first-order chi connectivity index (χ1) is 16.4. The zero-order valence-electron chi connectivity index (χ0n) is 18.9. The average Bonchev–Trinajstić information content (AvgIpc) is 3.39. The number of fused-ring (bicyclic) bond motifs is 1. The van der Waals surface area contributed by atoms with Crippen LogP contribution in [0, 0.1) is 11.8 Å². The lowest BCUT2D eigenvalue weighted by atomic mass is 9.85. The van der Waals surface area contributed by atoms with Crippen molar-refractivity contribution in [1.29, 1.82) is 0 Å². The number of benzene rings is 1. The Morgan fingerprint density at radius 1 is 1.15 bits per heavy atom. The fourth-order valence-electron chi connectivity index (χ4n) is 4.21. The Bertz CT molecular complexity index is 1120. The molecule has 3 amide bonds. The van der Waals surface area contributed by atoms with Crippen molar-refractivity contribution in [2.24, 2.45) is 11.8 Å². The first-order valence-corrected chi connectivity index (χ1v) is 11.8. The number of allylic oxidation sites excluding steroid dienone is 2. The van der Waals surface area contributed by atoms with E-state index in [4.69, 9.17) is 9.47 Å². The van der Waals surface area contributed by atoms with Crippen molar-refractivity contribution in [2.75, 3.05) is 18.6 Å². The summed E-state index contributed by atoms with van der Waals surface area (Å²) in [5.74, 6) is -1.28. The summed E-state index contributed by atoms with van der Waals surface area (Å²) in [4.78, 5) is 56.6. The van der Waals surface area contributed by atoms with Crippen LogP contribution < -0.4 is 9.64 Å². The largest absolute Gasteiger partial charge is 0.495 e. The first kappa shape index (κ1) is 23.6. The van der Waals surface area contributed by atoms with Crippen molar-refractivity contribution in [2.45, 2.75) is 32.8 Å². The van der Waals surface area contributed by atoms with Gasteiger partial charge in [-0.15, -0.1) is 11.3 Å². The molecule has 1 aliphatic carbocycles. The molecular formula is C24H25N3O6S. The maximum absolute atomic E-state index is 12.5. The van der Waals surface area contributed by atoms with Crippen molar-refractivity contribution < 1.29 is 28.7 Å². The van der Waals surface area contributed by atoms with Crippen LogP contribution in [0.1, 0.15) is 31.9 Å². The molecular weight excluding hydrogens is 458 g/mol. The van der Waals surface area contributed by atoms with Crippen molar-refractivity contribution in [3.8, 4) is 5.75 Å². The fraction of sp³-hybridized carbons (Fsp3) is 0.375. The predicted octanol–water partition coefficient (Wildman–Crippen LogP) is 3.22. The van der Waals surface area contributed by atoms with Crippen molar-refractivity contribution >= 4 is 45.8 Å². The standard InChI is InChI=1S/C24H25N3O6S/c1-15(28)27(19-9-5-6-10-20(19)32-2)24-25-16(14-34-24)13-33-21(29)11-12-26-22(30)17-7-3-4-8-18(17)23(26)31/h3-6,9-10,14,17-18H,7-8,11-13H2,1-2H3/t17-,18-/m1/s1. The number of para-hydroxylation sites is 2. The molecule has 0 saturated carbocycles. The highest BCUT2D eigenvalue weighted by atomic mass is 32.1. The summed E-state index contributed by atoms with van der Waals surface area (Å²) in [7, 11) is 1.53. The molecule has 1 fully saturated rings. The summed E-state index contributed by atoms with van der Waals surface area (Å²) >= 11 is 1.24. The highest BCUT2D eigenvalue weighted by molar-refractivity contribution is 7.14. The van der Waals surface area contributed by atoms with Crippen LogP contribution in [0.3, 0.4) is 0 Å². The van der Waals surface area contributed by atoms with Crippen LogP contribution in [0.4, 0.5) is 10.8 Å². The monoisotopic (exact) mass is 483 g/mol. The van der Waals surface area contributed by atoms with Gasteiger partial charge in [-0.2, -0.15) is 0 Å². The number of ether oxygens (including phenoxy) is 2. The molecule has 1 saturated heterocycles. The second-order valence-electron chi connectivity index (χ2n) is 8.04. The first-order valence-electron chi connectivity index (χ1n) is 10.9. The molecule has 0 N–H and O–H groups in total. The molecule has 9 nitrogen and oxygen atoms in total. The number of aromatic nitrogens is 1. The van der Waals surface area contributed by atoms with Gasteiger partial charge in [-0.25, -0.2) is 4.98 Å². The summed E-state index contributed by atoms with van der Waals surface area (Å²) in [6.45, 7) is 1.36. The number of hydrogen-bond acceptors (Lipinski definition) is 8. The molecule has 34 heavy (non-hydrogen) atoms. The molecule has 2 atom stereocenters. The van der Waals surface area contributed by atoms with E-state index in [1.807, 2.05) is 18.2 Å². The summed E-state index contributed by atoms with van der Waals surface area (Å²) in [6.07, 6.45) is 4.89. The summed E-state index contributed by atoms with van der Waals surface area (Å²) in [6, 6.07) is 7.12. The van der Waals surface area contributed by atoms with Gasteiger partial charge >= 0.3 is 5.97 Å². The number of carbonyl (C=O) groups excluding carboxylic acids is 4. The summed E-state index contributed by atoms with van der Waals surface area (Å²) in [5, 5.41) is 2.13. The van der Waals surface area contributed by atoms with Gasteiger partial charge < -0.3 is 9.47 Å². The quantitative estimate of drug-likeness (QED) is 0.322. The van der Waals surface area contributed by atoms with Crippen molar-refractivity contribution in [3.63, 3.8) is 0 Å². The summed E-state index contributed by atoms with van der Waals surface area (Å²) < 4.78 is 10.7. The van der Waals surface area contributed by atoms with E-state index in [9.17, 15) is 19.2 Å². The second-order valence-corrected chi connectivity index (χ2v) is 8.88. The van der Waals surface area contributed by atoms with Gasteiger partial charge in [-0.1, -0.05) is 24.3 Å². The number of methoxy groups -OCH3 is 1. The van der Waals surface area contributed by atoms with Gasteiger partial charge in [0.1, 0.15) is 12.4 Å². The number of esters is 1. The Kier molecular flexibility index (Phi) is 7.06. The van der Waals surface area contributed by atoms with Crippen LogP contribution >= 0.6 is 11.3 Å². The minimum Gasteiger partial charge on any atom is -0.495 e. The number of carbonyl (C=O) groups is 4. The highest BCUT2D eigenvalue weighted by Gasteiger charge is 2.46. The van der Waals surface area contributed by atoms with E-state index in [1.54, 1.807) is 23.6 Å². The van der Waals surface area contributed by atoms with Crippen LogP contribution in [0.5, 0.6) is 5.75 Å². The molecule has 2 aliphatic rings. The molecule has 0 unspecified atom stereocenters. The molecule has 178 valence electrons. The van der Waals surface area contributed by atoms with Crippen LogP contribution in [-0.4, -0.2) is 47.2 Å². The lowest BCUT2D eigenvalue weighted by molar-refractivity contribution is -0.147. The van der Waals surface area contributed by atoms with Gasteiger partial charge in [0.15, 0.2) is 5.13 Å². The number of rotatable bonds is 8. The number of likely N-dealkylation sites (tertiary alicyclic amines) is 1. The van der Waals surface area contributed by atoms with Crippen molar-refractivity contribution in [3.05, 3.63) is 47.5 Å². The maximum Gasteiger partial charge on any atom is 0.307 e. The molecule has 1 aromatic carbocycles. The Balaban J connectivity index is 1.34. The lowest BCUT2D eigenvalue weighted by Gasteiger charge is -2.20. The zero-order valence-corrected chi connectivity index (χ0v) is 19.7. The minimum atomic E-state index is -0.531. The Labute approximate surface area is 201 Å². The molecule has 10 heteroatoms. The molecule has 0 bridgehead atoms. The Hall–Kier alpha value is -3.53. The number of thiazole rings is 1. The van der Waals surface area contributed by atoms with E-state index in [1.165, 1.54) is 35.2 Å². The van der Waals surface area contributed by atoms with Gasteiger partial charge in [0, 0.05) is 18.8 Å². The van der Waals surface area contributed by atoms with E-state index in [0.29, 0.717) is 35.1 Å². The van der Waals surface area contributed by atoms with Gasteiger partial charge in [-0.3, -0.25) is 29.0 Å². The fourth-order valence-corrected chi connectivity index (χ4v) is 5.07. The van der Waals surface area contributed by atoms with E-state index in [-0.39, 0.29) is 49.1 Å². The SMILES string of the molecule is COc1ccccc1N(C(C)=O)c1nc(COC(=O)CCN2C(=O)[C@@H]3CC=CC[C@H]3C2=O)cs1. The van der Waals surface area contributed by atoms with E-state index in [0.717, 1.165) is 0 Å². The van der Waals surface area contributed by atoms with Gasteiger partial charge in [0.2, 0.25) is 17.7 Å². The topological polar surface area (TPSA) is 106 Å². The third-order valence-electron chi connectivity index (χ3n) is 5.89. The molecule has 1 aliphatic heterocycles. The van der Waals surface area contributed by atoms with Crippen LogP contribution in [0.25, 0.3) is 0 Å². The predicted molar refractivity (Wildman–Crippen MR) is 124 cm³/mol. The second kappa shape index (κ2) is 10.2. The third kappa shape index (κ3) is 4.72. The average molecular weight is 484 g/mol. The van der Waals surface area contributed by atoms with Crippen molar-refractivity contribution in [1.82, 2.24) is 9.88 Å². The Morgan fingerprint density at radius 3 is 2.47 bits per heavy atom. The number of amides is 3. The molecule has 0 spiro atoms. The van der Waals surface area contributed by atoms with Gasteiger partial charge in [0.25, 0.3) is 0 Å². The van der Waals surface area contributed by atoms with E-state index >= 15 is 0 Å². The zero-order chi connectivity index (χ0) is 24.2. The molecule has 2 heterocycles. The van der Waals surface area contributed by atoms with Crippen LogP contribution in [0.2, 0.25) is 0 Å². The normalized spacial score (nSPS) is 19.2. The van der Waals surface area contributed by atoms with Gasteiger partial charge in [-0.05, 0) is 25.0 Å². The Morgan fingerprint density at radius 2 is 1.82 bits per heavy atom. The number of nitrogens with zero attached hydrogens (tertiary/aromatic N) is 3. The third-order valence-corrected chi connectivity index (χ3v) is 6.77. The molecule has 4 rings (SSSR count). The van der Waals surface area contributed by atoms with E-state index in [2.05, 4.69) is 4.98 Å². The number of anilines is 2. The summed E-state index contributed by atoms with van der Waals surface area (Å²) in [5.41, 5.74) is 1.05. The molecule has 2 aromatic rings. The number of imide groups is 1. The smallest absolute Gasteiger partial charge is 0.307 e. The minimum absolute atomic E-state index is 0.0116. The van der Waals surface area contributed by atoms with Crippen LogP contribution in [0.15, 0.2) is 41.8 Å². The molecule has 1 aromatic heterocycles. The lowest BCUT2D eigenvalue weighted by Crippen LogP contribution is -2.33.